The van der Waals surface area contributed by atoms with Crippen LogP contribution >= 0.6 is 11.3 Å². The third-order valence-electron chi connectivity index (χ3n) is 9.98. The first-order chi connectivity index (χ1) is 27.2. The Morgan fingerprint density at radius 2 is 1.68 bits per heavy atom. The number of nitrogens with zero attached hydrogens (tertiary/aromatic N) is 4. The molecule has 2 saturated heterocycles. The summed E-state index contributed by atoms with van der Waals surface area (Å²) in [5, 5.41) is 16.5. The molecule has 2 fully saturated rings. The van der Waals surface area contributed by atoms with E-state index in [1.807, 2.05) is 16.3 Å². The largest absolute Gasteiger partial charge is 0.491 e. The maximum Gasteiger partial charge on any atom is 0.417 e. The normalized spacial score (nSPS) is 19.2. The van der Waals surface area contributed by atoms with E-state index in [0.29, 0.717) is 17.1 Å². The number of alkyl halides is 3. The second-order valence-electron chi connectivity index (χ2n) is 13.9. The Balaban J connectivity index is 0.960. The van der Waals surface area contributed by atoms with Crippen LogP contribution in [0.25, 0.3) is 0 Å². The number of rotatable bonds is 12. The Labute approximate surface area is 328 Å². The molecule has 0 radical (unpaired) electrons. The third kappa shape index (κ3) is 7.29. The van der Waals surface area contributed by atoms with Crippen molar-refractivity contribution in [2.75, 3.05) is 41.5 Å². The fraction of sp³-hybridized carbons (Fsp3) is 0.300. The molecule has 1 aromatic heterocycles. The standard InChI is InChI=1S/C40H35F3N6O7S/c1-39(2)38(54)47(25-9-8-23(22-44)28(21-25)40(41,42)43)35(31-7-4-20-57-31)49(39)24-10-12-26(13-11-24)56-19-18-55-17-16-45-29-6-3-5-27-33(29)37(53)48(36(27)52)30-14-15-32(50)46-34(30)51/h3-13,20-21,30,35,45H,14-19H2,1-2H3,(H,46,50,51). The van der Waals surface area contributed by atoms with Gasteiger partial charge in [-0.25, -0.2) is 0 Å². The number of ether oxygens (including phenoxy) is 2. The van der Waals surface area contributed by atoms with E-state index in [2.05, 4.69) is 10.6 Å². The van der Waals surface area contributed by atoms with Gasteiger partial charge in [0.2, 0.25) is 11.8 Å². The highest BCUT2D eigenvalue weighted by atomic mass is 32.1. The van der Waals surface area contributed by atoms with Crippen molar-refractivity contribution in [3.63, 3.8) is 0 Å². The number of thiophene rings is 1. The zero-order chi connectivity index (χ0) is 40.6. The molecule has 3 aliphatic heterocycles. The number of benzene rings is 3. The number of amides is 5. The van der Waals surface area contributed by atoms with Crippen LogP contribution in [0.15, 0.2) is 78.2 Å². The van der Waals surface area contributed by atoms with E-state index in [-0.39, 0.29) is 56.0 Å². The molecule has 17 heteroatoms. The van der Waals surface area contributed by atoms with Crippen LogP contribution in [0.5, 0.6) is 5.75 Å². The van der Waals surface area contributed by atoms with Crippen LogP contribution < -0.4 is 25.2 Å². The highest BCUT2D eigenvalue weighted by Crippen LogP contribution is 2.48. The average molecular weight is 801 g/mol. The molecule has 0 saturated carbocycles. The van der Waals surface area contributed by atoms with E-state index in [4.69, 9.17) is 9.47 Å². The van der Waals surface area contributed by atoms with Gasteiger partial charge < -0.3 is 19.7 Å². The molecule has 2 N–H and O–H groups in total. The summed E-state index contributed by atoms with van der Waals surface area (Å²) < 4.78 is 53.4. The van der Waals surface area contributed by atoms with Crippen molar-refractivity contribution in [1.29, 1.82) is 5.26 Å². The van der Waals surface area contributed by atoms with E-state index in [0.717, 1.165) is 21.9 Å². The number of imide groups is 2. The van der Waals surface area contributed by atoms with Crippen molar-refractivity contribution in [2.45, 2.75) is 50.6 Å². The summed E-state index contributed by atoms with van der Waals surface area (Å²) in [5.74, 6) is -2.25. The third-order valence-corrected chi connectivity index (χ3v) is 10.9. The number of carbonyl (C=O) groups is 5. The van der Waals surface area contributed by atoms with Gasteiger partial charge in [-0.3, -0.25) is 39.1 Å². The zero-order valence-electron chi connectivity index (χ0n) is 30.6. The van der Waals surface area contributed by atoms with Crippen LogP contribution in [0.3, 0.4) is 0 Å². The Hall–Kier alpha value is -6.25. The van der Waals surface area contributed by atoms with Crippen LogP contribution in [-0.4, -0.2) is 72.4 Å². The van der Waals surface area contributed by atoms with Gasteiger partial charge >= 0.3 is 6.18 Å². The molecule has 294 valence electrons. The molecule has 5 amide bonds. The fourth-order valence-corrected chi connectivity index (χ4v) is 8.11. The monoisotopic (exact) mass is 800 g/mol. The van der Waals surface area contributed by atoms with Crippen molar-refractivity contribution >= 4 is 57.9 Å². The second-order valence-corrected chi connectivity index (χ2v) is 14.9. The van der Waals surface area contributed by atoms with Crippen molar-refractivity contribution in [1.82, 2.24) is 10.2 Å². The van der Waals surface area contributed by atoms with Gasteiger partial charge in [-0.2, -0.15) is 18.4 Å². The van der Waals surface area contributed by atoms with Crippen LogP contribution in [-0.2, 0) is 25.3 Å². The number of hydrogen-bond donors (Lipinski definition) is 2. The number of piperidine rings is 1. The van der Waals surface area contributed by atoms with Gasteiger partial charge in [-0.05, 0) is 86.3 Å². The number of halogens is 3. The van der Waals surface area contributed by atoms with Crippen molar-refractivity contribution in [3.05, 3.63) is 105 Å². The minimum atomic E-state index is -4.80. The lowest BCUT2D eigenvalue weighted by Crippen LogP contribution is -2.54. The van der Waals surface area contributed by atoms with Crippen molar-refractivity contribution in [2.24, 2.45) is 0 Å². The van der Waals surface area contributed by atoms with Gasteiger partial charge in [0.05, 0.1) is 41.5 Å². The van der Waals surface area contributed by atoms with Gasteiger partial charge in [0.25, 0.3) is 17.7 Å². The van der Waals surface area contributed by atoms with Gasteiger partial charge in [-0.15, -0.1) is 11.3 Å². The smallest absolute Gasteiger partial charge is 0.417 e. The molecule has 3 aromatic carbocycles. The van der Waals surface area contributed by atoms with E-state index >= 15 is 0 Å². The van der Waals surface area contributed by atoms with Crippen LogP contribution in [0.2, 0.25) is 0 Å². The fourth-order valence-electron chi connectivity index (χ4n) is 7.30. The van der Waals surface area contributed by atoms with Gasteiger partial charge in [-0.1, -0.05) is 12.1 Å². The molecule has 0 aliphatic carbocycles. The van der Waals surface area contributed by atoms with Gasteiger partial charge in [0.1, 0.15) is 30.1 Å². The summed E-state index contributed by atoms with van der Waals surface area (Å²) in [4.78, 5) is 69.2. The molecule has 3 aliphatic rings. The van der Waals surface area contributed by atoms with Crippen LogP contribution in [0, 0.1) is 11.3 Å². The molecule has 4 heterocycles. The molecule has 4 aromatic rings. The summed E-state index contributed by atoms with van der Waals surface area (Å²) >= 11 is 1.36. The molecular formula is C40H35F3N6O7S. The molecular weight excluding hydrogens is 766 g/mol. The maximum atomic E-state index is 14.0. The lowest BCUT2D eigenvalue weighted by Gasteiger charge is -2.35. The Morgan fingerprint density at radius 3 is 2.37 bits per heavy atom. The molecule has 57 heavy (non-hydrogen) atoms. The summed E-state index contributed by atoms with van der Waals surface area (Å²) in [6.07, 6.45) is -5.50. The van der Waals surface area contributed by atoms with E-state index in [1.54, 1.807) is 62.4 Å². The molecule has 7 rings (SSSR count). The second kappa shape index (κ2) is 15.4. The number of nitrogens with one attached hydrogen (secondary N) is 2. The molecule has 13 nitrogen and oxygen atoms in total. The van der Waals surface area contributed by atoms with E-state index in [1.165, 1.54) is 28.4 Å². The SMILES string of the molecule is CC1(C)C(=O)N(c2ccc(C#N)c(C(F)(F)F)c2)C(c2cccs2)N1c1ccc(OCCOCCNc2cccc3c2C(=O)N(C2CCC(=O)NC2=O)C3=O)cc1. The molecule has 0 spiro atoms. The highest BCUT2D eigenvalue weighted by molar-refractivity contribution is 7.10. The van der Waals surface area contributed by atoms with E-state index < -0.39 is 64.6 Å². The van der Waals surface area contributed by atoms with Crippen LogP contribution in [0.4, 0.5) is 30.2 Å². The summed E-state index contributed by atoms with van der Waals surface area (Å²) in [6.45, 7) is 4.34. The Morgan fingerprint density at radius 1 is 0.930 bits per heavy atom. The predicted octanol–water partition coefficient (Wildman–Crippen LogP) is 5.88. The predicted molar refractivity (Wildman–Crippen MR) is 202 cm³/mol. The van der Waals surface area contributed by atoms with Crippen LogP contribution in [0.1, 0.15) is 69.6 Å². The van der Waals surface area contributed by atoms with E-state index in [9.17, 15) is 42.4 Å². The first-order valence-electron chi connectivity index (χ1n) is 17.9. The number of nitriles is 1. The maximum absolute atomic E-state index is 14.0. The Kier molecular flexibility index (Phi) is 10.5. The van der Waals surface area contributed by atoms with Crippen molar-refractivity contribution < 1.29 is 46.6 Å². The lowest BCUT2D eigenvalue weighted by atomic mass is 10.0. The quantitative estimate of drug-likeness (QED) is 0.131. The van der Waals surface area contributed by atoms with Gasteiger partial charge in [0, 0.05) is 34.9 Å². The van der Waals surface area contributed by atoms with Crippen molar-refractivity contribution in [3.8, 4) is 11.8 Å². The number of carbonyl (C=O) groups excluding carboxylic acids is 5. The van der Waals surface area contributed by atoms with Gasteiger partial charge in [0.15, 0.2) is 0 Å². The zero-order valence-corrected chi connectivity index (χ0v) is 31.4. The number of hydrogen-bond acceptors (Lipinski definition) is 11. The minimum absolute atomic E-state index is 0.0168. The Bertz CT molecular complexity index is 2290. The molecule has 0 bridgehead atoms. The average Bonchev–Trinajstić information content (AvgIpc) is 3.86. The minimum Gasteiger partial charge on any atom is -0.491 e. The summed E-state index contributed by atoms with van der Waals surface area (Å²) in [5.41, 5.74) is -1.46. The number of anilines is 3. The topological polar surface area (TPSA) is 161 Å². The lowest BCUT2D eigenvalue weighted by molar-refractivity contribution is -0.138. The first kappa shape index (κ1) is 39.0. The summed E-state index contributed by atoms with van der Waals surface area (Å²) in [7, 11) is 0. The number of fused-ring (bicyclic) bond motifs is 1. The summed E-state index contributed by atoms with van der Waals surface area (Å²) in [6, 6.07) is 19.2. The molecule has 2 unspecified atom stereocenters. The first-order valence-corrected chi connectivity index (χ1v) is 18.8. The highest BCUT2D eigenvalue weighted by Gasteiger charge is 2.54. The molecule has 2 atom stereocenters.